The van der Waals surface area contributed by atoms with Gasteiger partial charge < -0.3 is 20.5 Å². The van der Waals surface area contributed by atoms with E-state index in [1.807, 2.05) is 6.92 Å². The number of sulfonamides is 1. The highest BCUT2D eigenvalue weighted by Gasteiger charge is 2.26. The van der Waals surface area contributed by atoms with Crippen LogP contribution in [0.15, 0.2) is 29.2 Å². The highest BCUT2D eigenvalue weighted by atomic mass is 32.2. The number of hydrogen-bond donors (Lipinski definition) is 3. The van der Waals surface area contributed by atoms with Crippen LogP contribution in [0.3, 0.4) is 0 Å². The Morgan fingerprint density at radius 3 is 2.62 bits per heavy atom. The lowest BCUT2D eigenvalue weighted by Crippen LogP contribution is -2.43. The number of rotatable bonds is 7. The number of amides is 2. The summed E-state index contributed by atoms with van der Waals surface area (Å²) in [4.78, 5) is 23.2. The van der Waals surface area contributed by atoms with Crippen molar-refractivity contribution in [3.63, 3.8) is 0 Å². The van der Waals surface area contributed by atoms with E-state index in [0.29, 0.717) is 26.1 Å². The number of carboxylic acids is 1. The lowest BCUT2D eigenvalue weighted by atomic mass is 10.2. The quantitative estimate of drug-likeness (QED) is 0.645. The second-order valence-corrected chi connectivity index (χ2v) is 7.76. The van der Waals surface area contributed by atoms with Crippen LogP contribution in [0.1, 0.15) is 19.8 Å². The van der Waals surface area contributed by atoms with Crippen molar-refractivity contribution in [2.24, 2.45) is 0 Å². The van der Waals surface area contributed by atoms with Crippen LogP contribution < -0.4 is 10.6 Å². The van der Waals surface area contributed by atoms with Gasteiger partial charge in [0.1, 0.15) is 6.04 Å². The minimum absolute atomic E-state index is 0.0561. The Balaban J connectivity index is 2.08. The fraction of sp³-hybridized carbons (Fsp3) is 0.500. The summed E-state index contributed by atoms with van der Waals surface area (Å²) >= 11 is 0. The first-order valence-corrected chi connectivity index (χ1v) is 9.77. The smallest absolute Gasteiger partial charge is 0.326 e. The van der Waals surface area contributed by atoms with Crippen molar-refractivity contribution in [3.05, 3.63) is 24.3 Å². The van der Waals surface area contributed by atoms with E-state index in [1.54, 1.807) is 0 Å². The molecule has 1 aromatic carbocycles. The number of urea groups is 1. The lowest BCUT2D eigenvalue weighted by Gasteiger charge is -2.26. The Morgan fingerprint density at radius 1 is 1.31 bits per heavy atom. The molecule has 0 aromatic heterocycles. The molecule has 1 aromatic rings. The van der Waals surface area contributed by atoms with Gasteiger partial charge in [-0.1, -0.05) is 19.4 Å². The SMILES string of the molecule is CCCC(NC(=O)Nc1cccc(S(=O)(=O)N2CCOCC2)c1)C(=O)O. The minimum Gasteiger partial charge on any atom is -0.480 e. The summed E-state index contributed by atoms with van der Waals surface area (Å²) in [6, 6.07) is 4.15. The fourth-order valence-corrected chi connectivity index (χ4v) is 4.00. The molecule has 0 bridgehead atoms. The molecule has 0 spiro atoms. The zero-order valence-corrected chi connectivity index (χ0v) is 15.3. The number of benzene rings is 1. The van der Waals surface area contributed by atoms with E-state index >= 15 is 0 Å². The van der Waals surface area contributed by atoms with Crippen LogP contribution in [0.4, 0.5) is 10.5 Å². The standard InChI is InChI=1S/C16H23N3O6S/c1-2-4-14(15(20)21)18-16(22)17-12-5-3-6-13(11-12)26(23,24)19-7-9-25-10-8-19/h3,5-6,11,14H,2,4,7-10H2,1H3,(H,20,21)(H2,17,18,22). The predicted octanol–water partition coefficient (Wildman–Crippen LogP) is 1.08. The van der Waals surface area contributed by atoms with Crippen LogP contribution in [0, 0.1) is 0 Å². The maximum atomic E-state index is 12.6. The van der Waals surface area contributed by atoms with Crippen molar-refractivity contribution >= 4 is 27.7 Å². The fourth-order valence-electron chi connectivity index (χ4n) is 2.54. The summed E-state index contributed by atoms with van der Waals surface area (Å²) in [6.45, 7) is 3.05. The normalized spacial score (nSPS) is 16.7. The first kappa shape index (κ1) is 20.1. The first-order chi connectivity index (χ1) is 12.3. The zero-order chi connectivity index (χ0) is 19.2. The number of morpholine rings is 1. The number of carbonyl (C=O) groups is 2. The van der Waals surface area contributed by atoms with E-state index in [1.165, 1.54) is 28.6 Å². The number of ether oxygens (including phenoxy) is 1. The van der Waals surface area contributed by atoms with Crippen LogP contribution >= 0.6 is 0 Å². The molecule has 2 rings (SSSR count). The second kappa shape index (κ2) is 8.97. The molecule has 1 heterocycles. The monoisotopic (exact) mass is 385 g/mol. The Hall–Kier alpha value is -2.17. The van der Waals surface area contributed by atoms with Gasteiger partial charge in [0.15, 0.2) is 0 Å². The number of carboxylic acid groups (broad SMARTS) is 1. The molecular weight excluding hydrogens is 362 g/mol. The van der Waals surface area contributed by atoms with Gasteiger partial charge in [-0.05, 0) is 24.6 Å². The molecule has 9 nitrogen and oxygen atoms in total. The van der Waals surface area contributed by atoms with Gasteiger partial charge >= 0.3 is 12.0 Å². The number of nitrogens with zero attached hydrogens (tertiary/aromatic N) is 1. The average Bonchev–Trinajstić information content (AvgIpc) is 2.62. The van der Waals surface area contributed by atoms with Crippen molar-refractivity contribution in [1.82, 2.24) is 9.62 Å². The molecule has 1 aliphatic rings. The summed E-state index contributed by atoms with van der Waals surface area (Å²) < 4.78 is 31.8. The van der Waals surface area contributed by atoms with E-state index in [-0.39, 0.29) is 23.7 Å². The molecule has 3 N–H and O–H groups in total. The third-order valence-corrected chi connectivity index (χ3v) is 5.78. The van der Waals surface area contributed by atoms with Gasteiger partial charge in [-0.2, -0.15) is 4.31 Å². The van der Waals surface area contributed by atoms with Crippen molar-refractivity contribution in [2.75, 3.05) is 31.6 Å². The van der Waals surface area contributed by atoms with Crippen LogP contribution in [-0.4, -0.2) is 62.2 Å². The van der Waals surface area contributed by atoms with E-state index in [0.717, 1.165) is 0 Å². The van der Waals surface area contributed by atoms with Crippen molar-refractivity contribution in [2.45, 2.75) is 30.7 Å². The average molecular weight is 385 g/mol. The maximum Gasteiger partial charge on any atom is 0.326 e. The van der Waals surface area contributed by atoms with Crippen molar-refractivity contribution in [3.8, 4) is 0 Å². The molecule has 26 heavy (non-hydrogen) atoms. The molecule has 1 aliphatic heterocycles. The number of aliphatic carboxylic acids is 1. The van der Waals surface area contributed by atoms with E-state index in [4.69, 9.17) is 9.84 Å². The van der Waals surface area contributed by atoms with Gasteiger partial charge in [-0.25, -0.2) is 18.0 Å². The summed E-state index contributed by atoms with van der Waals surface area (Å²) in [5, 5.41) is 13.9. The minimum atomic E-state index is -3.68. The second-order valence-electron chi connectivity index (χ2n) is 5.82. The topological polar surface area (TPSA) is 125 Å². The predicted molar refractivity (Wildman–Crippen MR) is 94.5 cm³/mol. The highest BCUT2D eigenvalue weighted by molar-refractivity contribution is 7.89. The molecule has 10 heteroatoms. The lowest BCUT2D eigenvalue weighted by molar-refractivity contribution is -0.139. The van der Waals surface area contributed by atoms with Crippen LogP contribution in [0.5, 0.6) is 0 Å². The van der Waals surface area contributed by atoms with E-state index in [9.17, 15) is 18.0 Å². The Kier molecular flexibility index (Phi) is 6.95. The highest BCUT2D eigenvalue weighted by Crippen LogP contribution is 2.20. The largest absolute Gasteiger partial charge is 0.480 e. The summed E-state index contributed by atoms with van der Waals surface area (Å²) in [6.07, 6.45) is 0.902. The number of anilines is 1. The Bertz CT molecular complexity index is 746. The summed E-state index contributed by atoms with van der Waals surface area (Å²) in [5.74, 6) is -1.12. The molecule has 0 saturated carbocycles. The van der Waals surface area contributed by atoms with E-state index in [2.05, 4.69) is 10.6 Å². The Labute approximate surface area is 152 Å². The Morgan fingerprint density at radius 2 is 2.00 bits per heavy atom. The van der Waals surface area contributed by atoms with E-state index < -0.39 is 28.1 Å². The summed E-state index contributed by atoms with van der Waals surface area (Å²) in [5.41, 5.74) is 0.262. The maximum absolute atomic E-state index is 12.6. The van der Waals surface area contributed by atoms with Gasteiger partial charge in [0, 0.05) is 18.8 Å². The van der Waals surface area contributed by atoms with Gasteiger partial charge in [-0.15, -0.1) is 0 Å². The van der Waals surface area contributed by atoms with Crippen LogP contribution in [0.2, 0.25) is 0 Å². The molecule has 0 radical (unpaired) electrons. The molecule has 1 saturated heterocycles. The molecule has 1 unspecified atom stereocenters. The number of carbonyl (C=O) groups excluding carboxylic acids is 1. The number of hydrogen-bond acceptors (Lipinski definition) is 5. The molecular formula is C16H23N3O6S. The first-order valence-electron chi connectivity index (χ1n) is 8.33. The van der Waals surface area contributed by atoms with Crippen molar-refractivity contribution in [1.29, 1.82) is 0 Å². The number of nitrogens with one attached hydrogen (secondary N) is 2. The molecule has 2 amide bonds. The van der Waals surface area contributed by atoms with Gasteiger partial charge in [0.2, 0.25) is 10.0 Å². The van der Waals surface area contributed by atoms with Crippen LogP contribution in [0.25, 0.3) is 0 Å². The third-order valence-electron chi connectivity index (χ3n) is 3.88. The molecule has 1 atom stereocenters. The van der Waals surface area contributed by atoms with Gasteiger partial charge in [0.25, 0.3) is 0 Å². The van der Waals surface area contributed by atoms with Crippen LogP contribution in [-0.2, 0) is 19.6 Å². The van der Waals surface area contributed by atoms with Crippen molar-refractivity contribution < 1.29 is 27.9 Å². The molecule has 0 aliphatic carbocycles. The third kappa shape index (κ3) is 5.16. The molecule has 1 fully saturated rings. The summed E-state index contributed by atoms with van der Waals surface area (Å²) in [7, 11) is -3.68. The van der Waals surface area contributed by atoms with Gasteiger partial charge in [0.05, 0.1) is 18.1 Å². The zero-order valence-electron chi connectivity index (χ0n) is 14.5. The molecule has 144 valence electrons. The van der Waals surface area contributed by atoms with Gasteiger partial charge in [-0.3, -0.25) is 0 Å².